The number of aromatic carboxylic acids is 1. The van der Waals surface area contributed by atoms with Crippen molar-refractivity contribution in [2.24, 2.45) is 0 Å². The topological polar surface area (TPSA) is 66.3 Å². The molecule has 152 valence electrons. The van der Waals surface area contributed by atoms with E-state index in [4.69, 9.17) is 5.11 Å². The largest absolute Gasteiger partial charge is 0.477 e. The molecule has 30 heavy (non-hydrogen) atoms. The molecule has 0 saturated carbocycles. The molecule has 1 N–H and O–H groups in total. The first-order valence-electron chi connectivity index (χ1n) is 8.87. The van der Waals surface area contributed by atoms with Crippen LogP contribution in [-0.2, 0) is 21.1 Å². The van der Waals surface area contributed by atoms with Crippen LogP contribution in [0.25, 0.3) is 0 Å². The Morgan fingerprint density at radius 2 is 1.57 bits per heavy atom. The number of pyridine rings is 2. The van der Waals surface area contributed by atoms with Gasteiger partial charge >= 0.3 is 5.97 Å². The number of anilines is 3. The normalized spacial score (nSPS) is 11.1. The summed E-state index contributed by atoms with van der Waals surface area (Å²) in [5.74, 6) is -0.0699. The monoisotopic (exact) mass is 593 g/mol. The van der Waals surface area contributed by atoms with Crippen molar-refractivity contribution >= 4 is 34.9 Å². The Morgan fingerprint density at radius 3 is 2.23 bits per heavy atom. The summed E-state index contributed by atoms with van der Waals surface area (Å²) < 4.78 is 0. The van der Waals surface area contributed by atoms with Crippen molar-refractivity contribution in [3.63, 3.8) is 0 Å². The Morgan fingerprint density at radius 1 is 0.867 bits per heavy atom. The van der Waals surface area contributed by atoms with Crippen LogP contribution in [0.5, 0.6) is 0 Å². The van der Waals surface area contributed by atoms with Crippen LogP contribution in [0.4, 0.5) is 17.2 Å². The molecule has 1 aliphatic heterocycles. The van der Waals surface area contributed by atoms with Gasteiger partial charge in [0, 0.05) is 38.4 Å². The van der Waals surface area contributed by atoms with Crippen molar-refractivity contribution < 1.29 is 31.0 Å². The number of hydrogen-bond acceptors (Lipinski definition) is 5. The summed E-state index contributed by atoms with van der Waals surface area (Å²) >= 11 is 1.78. The number of para-hydroxylation sites is 2. The van der Waals surface area contributed by atoms with Gasteiger partial charge in [0.05, 0.1) is 5.69 Å². The number of benzene rings is 2. The first-order chi connectivity index (χ1) is 14.2. The minimum Gasteiger partial charge on any atom is -0.477 e. The van der Waals surface area contributed by atoms with E-state index in [0.717, 1.165) is 17.2 Å². The predicted molar refractivity (Wildman–Crippen MR) is 113 cm³/mol. The van der Waals surface area contributed by atoms with Crippen LogP contribution in [-0.4, -0.2) is 21.0 Å². The quantitative estimate of drug-likeness (QED) is 0.269. The SMILES string of the molecule is O=C(O)c1ccccn1.[Pt].[c-]1cccc2c1N(c1ccccn1)c1ccccc1S2. The van der Waals surface area contributed by atoms with Crippen molar-refractivity contribution in [1.82, 2.24) is 9.97 Å². The standard InChI is InChI=1S/C17H11N2S.C6H5NO2.Pt/c1-3-9-15-13(7-1)19(17-11-5-6-12-18-17)14-8-2-4-10-16(14)20-15;8-6(9)5-3-1-2-4-7-5;/h1-7,9-12H;1-4H,(H,8,9);/q-1;;. The molecular formula is C23H16N3O2PtS-. The molecule has 5 rings (SSSR count). The number of hydrogen-bond donors (Lipinski definition) is 1. The fourth-order valence-corrected chi connectivity index (χ4v) is 3.89. The van der Waals surface area contributed by atoms with Crippen molar-refractivity contribution in [2.45, 2.75) is 9.79 Å². The van der Waals surface area contributed by atoms with Crippen molar-refractivity contribution in [3.8, 4) is 0 Å². The molecule has 7 heteroatoms. The van der Waals surface area contributed by atoms with Gasteiger partial charge in [0.2, 0.25) is 0 Å². The summed E-state index contributed by atoms with van der Waals surface area (Å²) in [7, 11) is 0. The summed E-state index contributed by atoms with van der Waals surface area (Å²) in [5, 5.41) is 8.32. The van der Waals surface area contributed by atoms with Gasteiger partial charge in [-0.2, -0.15) is 36.0 Å². The van der Waals surface area contributed by atoms with E-state index in [1.54, 1.807) is 23.9 Å². The molecule has 1 aliphatic rings. The fraction of sp³-hybridized carbons (Fsp3) is 0. The predicted octanol–water partition coefficient (Wildman–Crippen LogP) is 5.59. The Balaban J connectivity index is 0.000000218. The first-order valence-corrected chi connectivity index (χ1v) is 9.69. The van der Waals surface area contributed by atoms with E-state index < -0.39 is 5.97 Å². The summed E-state index contributed by atoms with van der Waals surface area (Å²) in [4.78, 5) is 22.8. The molecule has 0 fully saturated rings. The number of carboxylic acid groups (broad SMARTS) is 1. The van der Waals surface area contributed by atoms with Gasteiger partial charge in [0.1, 0.15) is 11.5 Å². The maximum atomic E-state index is 10.1. The molecule has 0 saturated heterocycles. The summed E-state index contributed by atoms with van der Waals surface area (Å²) in [6, 6.07) is 28.6. The third-order valence-corrected chi connectivity index (χ3v) is 5.22. The molecule has 0 spiro atoms. The second-order valence-electron chi connectivity index (χ2n) is 6.00. The average molecular weight is 594 g/mol. The summed E-state index contributed by atoms with van der Waals surface area (Å²) in [6.07, 6.45) is 3.27. The van der Waals surface area contributed by atoms with E-state index in [9.17, 15) is 4.79 Å². The zero-order chi connectivity index (χ0) is 20.1. The van der Waals surface area contributed by atoms with Crippen LogP contribution < -0.4 is 4.90 Å². The van der Waals surface area contributed by atoms with Crippen LogP contribution in [0.1, 0.15) is 10.5 Å². The molecule has 0 bridgehead atoms. The maximum absolute atomic E-state index is 10.1. The van der Waals surface area contributed by atoms with E-state index >= 15 is 0 Å². The Kier molecular flexibility index (Phi) is 7.39. The number of rotatable bonds is 2. The van der Waals surface area contributed by atoms with Gasteiger partial charge in [-0.25, -0.2) is 14.8 Å². The minimum atomic E-state index is -0.990. The van der Waals surface area contributed by atoms with E-state index in [-0.39, 0.29) is 26.8 Å². The maximum Gasteiger partial charge on any atom is 0.354 e. The molecule has 5 nitrogen and oxygen atoms in total. The van der Waals surface area contributed by atoms with E-state index in [1.165, 1.54) is 22.1 Å². The zero-order valence-corrected chi connectivity index (χ0v) is 18.7. The molecule has 2 aromatic carbocycles. The molecule has 3 heterocycles. The summed E-state index contributed by atoms with van der Waals surface area (Å²) in [5.41, 5.74) is 2.30. The van der Waals surface area contributed by atoms with Crippen LogP contribution in [0.15, 0.2) is 101 Å². The van der Waals surface area contributed by atoms with Gasteiger partial charge in [-0.15, -0.1) is 0 Å². The number of carbonyl (C=O) groups is 1. The number of carboxylic acids is 1. The smallest absolute Gasteiger partial charge is 0.354 e. The van der Waals surface area contributed by atoms with Gasteiger partial charge in [0.15, 0.2) is 0 Å². The second-order valence-corrected chi connectivity index (χ2v) is 7.08. The van der Waals surface area contributed by atoms with Crippen LogP contribution in [0, 0.1) is 6.07 Å². The van der Waals surface area contributed by atoms with Gasteiger partial charge in [-0.3, -0.25) is 0 Å². The van der Waals surface area contributed by atoms with Crippen LogP contribution in [0.2, 0.25) is 0 Å². The second kappa shape index (κ2) is 10.2. The molecule has 2 aromatic heterocycles. The molecule has 0 amide bonds. The van der Waals surface area contributed by atoms with Crippen molar-refractivity contribution in [2.75, 3.05) is 4.90 Å². The zero-order valence-electron chi connectivity index (χ0n) is 15.6. The molecular weight excluding hydrogens is 577 g/mol. The third kappa shape index (κ3) is 4.78. The molecule has 0 unspecified atom stereocenters. The summed E-state index contributed by atoms with van der Waals surface area (Å²) in [6.45, 7) is 0. The van der Waals surface area contributed by atoms with E-state index in [1.807, 2.05) is 36.5 Å². The number of nitrogens with zero attached hydrogens (tertiary/aromatic N) is 3. The van der Waals surface area contributed by atoms with Crippen LogP contribution in [0.3, 0.4) is 0 Å². The molecule has 0 radical (unpaired) electrons. The Hall–Kier alpha value is -2.95. The fourth-order valence-electron chi connectivity index (χ4n) is 2.85. The van der Waals surface area contributed by atoms with Gasteiger partial charge < -0.3 is 10.0 Å². The molecule has 4 aromatic rings. The minimum absolute atomic E-state index is 0. The van der Waals surface area contributed by atoms with Gasteiger partial charge in [-0.05, 0) is 36.4 Å². The Labute approximate surface area is 193 Å². The van der Waals surface area contributed by atoms with Gasteiger partial charge in [0.25, 0.3) is 0 Å². The van der Waals surface area contributed by atoms with Crippen molar-refractivity contribution in [1.29, 1.82) is 0 Å². The first kappa shape index (κ1) is 21.7. The average Bonchev–Trinajstić information content (AvgIpc) is 2.79. The van der Waals surface area contributed by atoms with Crippen LogP contribution >= 0.6 is 11.8 Å². The Bertz CT molecular complexity index is 1080. The number of aromatic nitrogens is 2. The molecule has 0 aliphatic carbocycles. The van der Waals surface area contributed by atoms with E-state index in [2.05, 4.69) is 51.3 Å². The van der Waals surface area contributed by atoms with E-state index in [0.29, 0.717) is 0 Å². The van der Waals surface area contributed by atoms with Gasteiger partial charge in [-0.1, -0.05) is 34.8 Å². The molecule has 0 atom stereocenters. The third-order valence-electron chi connectivity index (χ3n) is 4.11. The number of fused-ring (bicyclic) bond motifs is 2. The van der Waals surface area contributed by atoms with Crippen molar-refractivity contribution in [3.05, 3.63) is 103 Å².